The van der Waals surface area contributed by atoms with Gasteiger partial charge in [0.25, 0.3) is 0 Å². The molecule has 0 saturated carbocycles. The lowest BCUT2D eigenvalue weighted by molar-refractivity contribution is -0.870. The number of quaternary nitrogens is 1. The zero-order chi connectivity index (χ0) is 62.6. The Kier molecular flexibility index (Phi) is 66.7. The molecule has 510 valence electrons. The summed E-state index contributed by atoms with van der Waals surface area (Å²) in [7, 11) is 1.50. The molecule has 0 heterocycles. The van der Waals surface area contributed by atoms with E-state index in [4.69, 9.17) is 18.5 Å². The summed E-state index contributed by atoms with van der Waals surface area (Å²) in [5, 5.41) is 0. The number of rotatable bonds is 72. The molecule has 0 saturated heterocycles. The first-order valence-electron chi connectivity index (χ1n) is 38.1. The summed E-state index contributed by atoms with van der Waals surface area (Å²) >= 11 is 0. The second-order valence-corrected chi connectivity index (χ2v) is 28.9. The summed E-state index contributed by atoms with van der Waals surface area (Å²) in [5.41, 5.74) is 0. The first-order valence-corrected chi connectivity index (χ1v) is 39.6. The molecule has 0 spiro atoms. The Labute approximate surface area is 536 Å². The van der Waals surface area contributed by atoms with Crippen LogP contribution in [0.4, 0.5) is 0 Å². The van der Waals surface area contributed by atoms with Crippen LogP contribution in [0.1, 0.15) is 399 Å². The highest BCUT2D eigenvalue weighted by molar-refractivity contribution is 7.47. The van der Waals surface area contributed by atoms with E-state index in [1.807, 2.05) is 21.1 Å². The van der Waals surface area contributed by atoms with Crippen molar-refractivity contribution in [1.29, 1.82) is 0 Å². The molecule has 2 unspecified atom stereocenters. The van der Waals surface area contributed by atoms with Gasteiger partial charge < -0.3 is 18.9 Å². The lowest BCUT2D eigenvalue weighted by Crippen LogP contribution is -2.37. The van der Waals surface area contributed by atoms with Crippen LogP contribution >= 0.6 is 7.82 Å². The molecule has 0 aliphatic heterocycles. The van der Waals surface area contributed by atoms with E-state index in [2.05, 4.69) is 38.2 Å². The monoisotopic (exact) mass is 1240 g/mol. The normalized spacial score (nSPS) is 13.1. The highest BCUT2D eigenvalue weighted by Crippen LogP contribution is 2.43. The molecular weight excluding hydrogens is 1090 g/mol. The fraction of sp³-hybridized carbons (Fsp3) is 0.921. The fourth-order valence-electron chi connectivity index (χ4n) is 11.6. The van der Waals surface area contributed by atoms with E-state index in [1.165, 1.54) is 327 Å². The van der Waals surface area contributed by atoms with Crippen molar-refractivity contribution in [3.8, 4) is 0 Å². The molecule has 0 aliphatic rings. The third kappa shape index (κ3) is 71.6. The number of carbonyl (C=O) groups is 2. The predicted octanol–water partition coefficient (Wildman–Crippen LogP) is 24.8. The molecule has 9 nitrogen and oxygen atoms in total. The van der Waals surface area contributed by atoms with E-state index >= 15 is 0 Å². The molecule has 0 amide bonds. The molecule has 0 aromatic carbocycles. The maximum atomic E-state index is 12.9. The minimum Gasteiger partial charge on any atom is -0.462 e. The Bertz CT molecular complexity index is 1500. The lowest BCUT2D eigenvalue weighted by Gasteiger charge is -2.24. The second-order valence-electron chi connectivity index (χ2n) is 27.4. The number of allylic oxidation sites excluding steroid dienone is 4. The Hall–Kier alpha value is -1.51. The van der Waals surface area contributed by atoms with Gasteiger partial charge in [0.15, 0.2) is 6.10 Å². The fourth-order valence-corrected chi connectivity index (χ4v) is 12.4. The third-order valence-corrected chi connectivity index (χ3v) is 18.5. The Balaban J connectivity index is 3.93. The van der Waals surface area contributed by atoms with Crippen LogP contribution in [0.25, 0.3) is 0 Å². The molecule has 0 rings (SSSR count). The van der Waals surface area contributed by atoms with Gasteiger partial charge >= 0.3 is 19.8 Å². The van der Waals surface area contributed by atoms with Gasteiger partial charge in [-0.2, -0.15) is 0 Å². The molecule has 0 aliphatic carbocycles. The summed E-state index contributed by atoms with van der Waals surface area (Å²) in [5.74, 6) is -0.770. The topological polar surface area (TPSA) is 108 Å². The molecule has 0 fully saturated rings. The first-order chi connectivity index (χ1) is 42.0. The van der Waals surface area contributed by atoms with Crippen LogP contribution in [0.2, 0.25) is 0 Å². The van der Waals surface area contributed by atoms with Crippen LogP contribution in [-0.2, 0) is 32.7 Å². The van der Waals surface area contributed by atoms with E-state index < -0.39 is 26.5 Å². The van der Waals surface area contributed by atoms with Gasteiger partial charge in [-0.05, 0) is 44.9 Å². The van der Waals surface area contributed by atoms with Crippen LogP contribution < -0.4 is 0 Å². The Morgan fingerprint density at radius 1 is 0.360 bits per heavy atom. The summed E-state index contributed by atoms with van der Waals surface area (Å²) in [6.45, 7) is 4.51. The molecule has 1 N–H and O–H groups in total. The van der Waals surface area contributed by atoms with Gasteiger partial charge in [0.1, 0.15) is 19.8 Å². The SMILES string of the molecule is CCCCCCC/C=C\C/C=C\CCCCCCCCCCCCCCCCCCCCCCCC(=O)OC(COC(=O)CCCCCCCCCCCCCCCCCCCCCCCCCCCCCCC)COP(=O)(O)OCC[N+](C)(C)C. The van der Waals surface area contributed by atoms with Crippen molar-refractivity contribution < 1.29 is 42.1 Å². The number of phosphoric ester groups is 1. The van der Waals surface area contributed by atoms with Gasteiger partial charge in [-0.25, -0.2) is 4.57 Å². The number of phosphoric acid groups is 1. The molecule has 0 radical (unpaired) electrons. The molecule has 0 aromatic rings. The van der Waals surface area contributed by atoms with Crippen molar-refractivity contribution in [2.75, 3.05) is 47.5 Å². The van der Waals surface area contributed by atoms with E-state index in [1.54, 1.807) is 0 Å². The average molecular weight is 1240 g/mol. The van der Waals surface area contributed by atoms with Gasteiger partial charge in [-0.3, -0.25) is 18.6 Å². The van der Waals surface area contributed by atoms with Crippen LogP contribution in [0.3, 0.4) is 0 Å². The number of nitrogens with zero attached hydrogens (tertiary/aromatic N) is 1. The summed E-state index contributed by atoms with van der Waals surface area (Å²) in [6, 6.07) is 0. The maximum absolute atomic E-state index is 12.9. The van der Waals surface area contributed by atoms with E-state index in [9.17, 15) is 19.0 Å². The molecule has 86 heavy (non-hydrogen) atoms. The van der Waals surface area contributed by atoms with Crippen LogP contribution in [0.15, 0.2) is 24.3 Å². The highest BCUT2D eigenvalue weighted by Gasteiger charge is 2.27. The third-order valence-electron chi connectivity index (χ3n) is 17.5. The molecule has 2 atom stereocenters. The molecular formula is C76H149NO8P+. The zero-order valence-electron chi connectivity index (χ0n) is 58.3. The molecule has 10 heteroatoms. The van der Waals surface area contributed by atoms with Gasteiger partial charge in [0, 0.05) is 12.8 Å². The second kappa shape index (κ2) is 67.9. The maximum Gasteiger partial charge on any atom is 0.472 e. The van der Waals surface area contributed by atoms with Gasteiger partial charge in [0.05, 0.1) is 27.7 Å². The highest BCUT2D eigenvalue weighted by atomic mass is 31.2. The van der Waals surface area contributed by atoms with E-state index in [-0.39, 0.29) is 25.6 Å². The number of ether oxygens (including phenoxy) is 2. The minimum atomic E-state index is -4.39. The van der Waals surface area contributed by atoms with Gasteiger partial charge in [-0.1, -0.05) is 366 Å². The zero-order valence-corrected chi connectivity index (χ0v) is 59.2. The Morgan fingerprint density at radius 3 is 0.919 bits per heavy atom. The summed E-state index contributed by atoms with van der Waals surface area (Å²) in [6.07, 6.45) is 86.0. The molecule has 0 aromatic heterocycles. The lowest BCUT2D eigenvalue weighted by atomic mass is 10.0. The van der Waals surface area contributed by atoms with Crippen LogP contribution in [0.5, 0.6) is 0 Å². The summed E-state index contributed by atoms with van der Waals surface area (Å²) < 4.78 is 34.8. The van der Waals surface area contributed by atoms with Crippen molar-refractivity contribution in [1.82, 2.24) is 0 Å². The van der Waals surface area contributed by atoms with Crippen molar-refractivity contribution in [2.45, 2.75) is 405 Å². The summed E-state index contributed by atoms with van der Waals surface area (Å²) in [4.78, 5) is 35.9. The first kappa shape index (κ1) is 84.5. The number of unbranched alkanes of at least 4 members (excludes halogenated alkanes) is 54. The number of likely N-dealkylation sites (N-methyl/N-ethyl adjacent to an activating group) is 1. The predicted molar refractivity (Wildman–Crippen MR) is 372 cm³/mol. The number of esters is 2. The number of carbonyl (C=O) groups excluding carboxylic acids is 2. The Morgan fingerprint density at radius 2 is 0.628 bits per heavy atom. The van der Waals surface area contributed by atoms with Gasteiger partial charge in [-0.15, -0.1) is 0 Å². The van der Waals surface area contributed by atoms with Crippen LogP contribution in [-0.4, -0.2) is 74.9 Å². The van der Waals surface area contributed by atoms with Crippen molar-refractivity contribution in [2.24, 2.45) is 0 Å². The van der Waals surface area contributed by atoms with Crippen molar-refractivity contribution >= 4 is 19.8 Å². The van der Waals surface area contributed by atoms with Crippen molar-refractivity contribution in [3.05, 3.63) is 24.3 Å². The average Bonchev–Trinajstić information content (AvgIpc) is 3.70. The smallest absolute Gasteiger partial charge is 0.462 e. The minimum absolute atomic E-state index is 0.0361. The number of hydrogen-bond donors (Lipinski definition) is 1. The quantitative estimate of drug-likeness (QED) is 0.0211. The largest absolute Gasteiger partial charge is 0.472 e. The van der Waals surface area contributed by atoms with Crippen LogP contribution in [0, 0.1) is 0 Å². The van der Waals surface area contributed by atoms with Gasteiger partial charge in [0.2, 0.25) is 0 Å². The standard InChI is InChI=1S/C76H148NO8P/c1-6-8-10-12-14-16-18-20-22-24-26-28-30-32-34-36-37-38-39-41-43-45-47-49-51-53-55-57-59-61-63-65-67-69-76(79)85-74(73-84-86(80,81)83-71-70-77(3,4)5)72-82-75(78)68-66-64-62-60-58-56-54-52-50-48-46-44-42-40-35-33-31-29-27-25-23-21-19-17-15-13-11-9-7-2/h18,20,24,26,74H,6-17,19,21-23,25,27-73H2,1-5H3/p+1/b20-18-,26-24-. The number of hydrogen-bond acceptors (Lipinski definition) is 7. The van der Waals surface area contributed by atoms with Crippen molar-refractivity contribution in [3.63, 3.8) is 0 Å². The van der Waals surface area contributed by atoms with E-state index in [0.29, 0.717) is 17.4 Å². The molecule has 0 bridgehead atoms. The van der Waals surface area contributed by atoms with E-state index in [0.717, 1.165) is 44.9 Å².